The van der Waals surface area contributed by atoms with Gasteiger partial charge in [0.05, 0.1) is 5.41 Å². The molecular weight excluding hydrogens is 327 g/mol. The third-order valence-electron chi connectivity index (χ3n) is 3.23. The minimum Gasteiger partial charge on any atom is -0.326 e. The average molecular weight is 344 g/mol. The Kier molecular flexibility index (Phi) is 4.04. The van der Waals surface area contributed by atoms with E-state index in [9.17, 15) is 4.79 Å². The van der Waals surface area contributed by atoms with E-state index in [-0.39, 0.29) is 11.3 Å². The Morgan fingerprint density at radius 1 is 1.53 bits per heavy atom. The maximum absolute atomic E-state index is 12.2. The summed E-state index contributed by atoms with van der Waals surface area (Å²) in [6, 6.07) is 7.89. The number of benzene rings is 1. The lowest BCUT2D eigenvalue weighted by atomic mass is 9.82. The predicted molar refractivity (Wildman–Crippen MR) is 78.0 cm³/mol. The zero-order chi connectivity index (χ0) is 12.3. The quantitative estimate of drug-likeness (QED) is 0.810. The van der Waals surface area contributed by atoms with Gasteiger partial charge in [-0.25, -0.2) is 0 Å². The summed E-state index contributed by atoms with van der Waals surface area (Å²) < 4.78 is 1.13. The summed E-state index contributed by atoms with van der Waals surface area (Å²) in [5, 5.41) is 6.30. The Hall–Kier alpha value is -0.620. The van der Waals surface area contributed by atoms with E-state index < -0.39 is 0 Å². The third kappa shape index (κ3) is 3.19. The number of amides is 1. The van der Waals surface area contributed by atoms with Crippen LogP contribution in [0.2, 0.25) is 0 Å². The molecule has 0 radical (unpaired) electrons. The van der Waals surface area contributed by atoms with Crippen LogP contribution < -0.4 is 10.6 Å². The average Bonchev–Trinajstić information content (AvgIpc) is 2.30. The van der Waals surface area contributed by atoms with Crippen molar-refractivity contribution in [1.29, 1.82) is 0 Å². The lowest BCUT2D eigenvalue weighted by Crippen LogP contribution is -2.46. The second-order valence-corrected chi connectivity index (χ2v) is 6.05. The summed E-state index contributed by atoms with van der Waals surface area (Å²) in [6.07, 6.45) is 2.02. The van der Waals surface area contributed by atoms with Gasteiger partial charge in [-0.05, 0) is 67.1 Å². The second-order valence-electron chi connectivity index (χ2n) is 4.81. The van der Waals surface area contributed by atoms with Crippen molar-refractivity contribution in [1.82, 2.24) is 5.32 Å². The van der Waals surface area contributed by atoms with Crippen LogP contribution in [0.25, 0.3) is 0 Å². The highest BCUT2D eigenvalue weighted by Crippen LogP contribution is 2.27. The molecule has 1 saturated heterocycles. The highest BCUT2D eigenvalue weighted by molar-refractivity contribution is 14.1. The molecule has 0 aliphatic carbocycles. The van der Waals surface area contributed by atoms with Crippen LogP contribution in [0, 0.1) is 8.99 Å². The Morgan fingerprint density at radius 3 is 3.00 bits per heavy atom. The highest BCUT2D eigenvalue weighted by Gasteiger charge is 2.34. The van der Waals surface area contributed by atoms with Crippen LogP contribution >= 0.6 is 22.6 Å². The number of carbonyl (C=O) groups is 1. The molecular formula is C13H17IN2O. The molecule has 1 heterocycles. The summed E-state index contributed by atoms with van der Waals surface area (Å²) in [5.41, 5.74) is 0.605. The molecule has 92 valence electrons. The van der Waals surface area contributed by atoms with Crippen molar-refractivity contribution in [2.45, 2.75) is 19.8 Å². The van der Waals surface area contributed by atoms with Crippen LogP contribution in [0.5, 0.6) is 0 Å². The summed E-state index contributed by atoms with van der Waals surface area (Å²) >= 11 is 2.25. The molecule has 0 saturated carbocycles. The van der Waals surface area contributed by atoms with Gasteiger partial charge >= 0.3 is 0 Å². The zero-order valence-corrected chi connectivity index (χ0v) is 12.1. The van der Waals surface area contributed by atoms with Crippen molar-refractivity contribution in [3.63, 3.8) is 0 Å². The fourth-order valence-corrected chi connectivity index (χ4v) is 2.64. The number of anilines is 1. The molecule has 0 spiro atoms. The summed E-state index contributed by atoms with van der Waals surface area (Å²) in [6.45, 7) is 3.82. The van der Waals surface area contributed by atoms with Crippen molar-refractivity contribution in [2.24, 2.45) is 5.41 Å². The van der Waals surface area contributed by atoms with Crippen molar-refractivity contribution >= 4 is 34.2 Å². The van der Waals surface area contributed by atoms with Gasteiger partial charge in [-0.15, -0.1) is 0 Å². The van der Waals surface area contributed by atoms with Crippen LogP contribution in [0.3, 0.4) is 0 Å². The largest absolute Gasteiger partial charge is 0.326 e. The molecule has 2 N–H and O–H groups in total. The van der Waals surface area contributed by atoms with Gasteiger partial charge in [0, 0.05) is 15.8 Å². The predicted octanol–water partition coefficient (Wildman–Crippen LogP) is 2.62. The van der Waals surface area contributed by atoms with Crippen LogP contribution in [0.4, 0.5) is 5.69 Å². The Balaban J connectivity index is 2.05. The first kappa shape index (κ1) is 12.8. The first-order valence-electron chi connectivity index (χ1n) is 5.88. The SMILES string of the molecule is CC1(C(=O)Nc2cccc(I)c2)CCCNC1. The van der Waals surface area contributed by atoms with Gasteiger partial charge in [-0.2, -0.15) is 0 Å². The highest BCUT2D eigenvalue weighted by atomic mass is 127. The van der Waals surface area contributed by atoms with Gasteiger partial charge in [0.15, 0.2) is 0 Å². The molecule has 4 heteroatoms. The third-order valence-corrected chi connectivity index (χ3v) is 3.90. The number of nitrogens with one attached hydrogen (secondary N) is 2. The summed E-state index contributed by atoms with van der Waals surface area (Å²) in [7, 11) is 0. The van der Waals surface area contributed by atoms with Crippen molar-refractivity contribution in [2.75, 3.05) is 18.4 Å². The molecule has 1 fully saturated rings. The van der Waals surface area contributed by atoms with E-state index in [1.807, 2.05) is 31.2 Å². The van der Waals surface area contributed by atoms with E-state index in [0.717, 1.165) is 35.2 Å². The molecule has 1 aromatic carbocycles. The zero-order valence-electron chi connectivity index (χ0n) is 9.92. The van der Waals surface area contributed by atoms with Gasteiger partial charge in [0.1, 0.15) is 0 Å². The fraction of sp³-hybridized carbons (Fsp3) is 0.462. The van der Waals surface area contributed by atoms with Gasteiger partial charge in [-0.3, -0.25) is 4.79 Å². The number of hydrogen-bond acceptors (Lipinski definition) is 2. The molecule has 0 aromatic heterocycles. The molecule has 0 bridgehead atoms. The molecule has 1 amide bonds. The number of hydrogen-bond donors (Lipinski definition) is 2. The van der Waals surface area contributed by atoms with E-state index in [0.29, 0.717) is 0 Å². The lowest BCUT2D eigenvalue weighted by molar-refractivity contribution is -0.125. The number of piperidine rings is 1. The topological polar surface area (TPSA) is 41.1 Å². The minimum atomic E-state index is -0.278. The summed E-state index contributed by atoms with van der Waals surface area (Å²) in [4.78, 5) is 12.2. The molecule has 1 aromatic rings. The van der Waals surface area contributed by atoms with Gasteiger partial charge < -0.3 is 10.6 Å². The van der Waals surface area contributed by atoms with Crippen molar-refractivity contribution in [3.8, 4) is 0 Å². The van der Waals surface area contributed by atoms with E-state index in [1.165, 1.54) is 0 Å². The smallest absolute Gasteiger partial charge is 0.231 e. The standard InChI is InChI=1S/C13H17IN2O/c1-13(6-3-7-15-9-13)12(17)16-11-5-2-4-10(14)8-11/h2,4-5,8,15H,3,6-7,9H2,1H3,(H,16,17). The second kappa shape index (κ2) is 5.35. The van der Waals surface area contributed by atoms with E-state index >= 15 is 0 Å². The fourth-order valence-electron chi connectivity index (χ4n) is 2.10. The van der Waals surface area contributed by atoms with Crippen LogP contribution in [0.1, 0.15) is 19.8 Å². The van der Waals surface area contributed by atoms with Gasteiger partial charge in [-0.1, -0.05) is 6.07 Å². The van der Waals surface area contributed by atoms with E-state index in [4.69, 9.17) is 0 Å². The Morgan fingerprint density at radius 2 is 2.35 bits per heavy atom. The van der Waals surface area contributed by atoms with E-state index in [2.05, 4.69) is 33.2 Å². The number of carbonyl (C=O) groups excluding carboxylic acids is 1. The van der Waals surface area contributed by atoms with Crippen molar-refractivity contribution in [3.05, 3.63) is 27.8 Å². The molecule has 1 aliphatic rings. The molecule has 2 rings (SSSR count). The van der Waals surface area contributed by atoms with Gasteiger partial charge in [0.2, 0.25) is 5.91 Å². The first-order valence-corrected chi connectivity index (χ1v) is 6.96. The molecule has 1 unspecified atom stereocenters. The monoisotopic (exact) mass is 344 g/mol. The molecule has 3 nitrogen and oxygen atoms in total. The van der Waals surface area contributed by atoms with Crippen LogP contribution in [-0.2, 0) is 4.79 Å². The van der Waals surface area contributed by atoms with Crippen LogP contribution in [-0.4, -0.2) is 19.0 Å². The Bertz CT molecular complexity index is 414. The number of rotatable bonds is 2. The van der Waals surface area contributed by atoms with Gasteiger partial charge in [0.25, 0.3) is 0 Å². The maximum Gasteiger partial charge on any atom is 0.231 e. The molecule has 17 heavy (non-hydrogen) atoms. The van der Waals surface area contributed by atoms with Crippen LogP contribution in [0.15, 0.2) is 24.3 Å². The first-order chi connectivity index (χ1) is 8.10. The summed E-state index contributed by atoms with van der Waals surface area (Å²) in [5.74, 6) is 0.117. The normalized spacial score (nSPS) is 24.4. The van der Waals surface area contributed by atoms with Crippen molar-refractivity contribution < 1.29 is 4.79 Å². The number of halogens is 1. The molecule has 1 aliphatic heterocycles. The lowest BCUT2D eigenvalue weighted by Gasteiger charge is -2.32. The Labute approximate surface area is 116 Å². The minimum absolute atomic E-state index is 0.117. The maximum atomic E-state index is 12.2. The van der Waals surface area contributed by atoms with E-state index in [1.54, 1.807) is 0 Å². The molecule has 1 atom stereocenters.